The van der Waals surface area contributed by atoms with Crippen molar-refractivity contribution in [1.82, 2.24) is 10.6 Å². The zero-order valence-electron chi connectivity index (χ0n) is 13.0. The van der Waals surface area contributed by atoms with Crippen LogP contribution in [0.4, 0.5) is 0 Å². The van der Waals surface area contributed by atoms with Crippen molar-refractivity contribution < 1.29 is 4.79 Å². The second-order valence-electron chi connectivity index (χ2n) is 5.93. The van der Waals surface area contributed by atoms with E-state index in [-0.39, 0.29) is 11.8 Å². The lowest BCUT2D eigenvalue weighted by atomic mass is 9.97. The van der Waals surface area contributed by atoms with Crippen LogP contribution >= 0.6 is 11.6 Å². The van der Waals surface area contributed by atoms with Gasteiger partial charge in [-0.1, -0.05) is 48.0 Å². The molecule has 0 spiro atoms. The highest BCUT2D eigenvalue weighted by Gasteiger charge is 2.20. The maximum absolute atomic E-state index is 12.3. The Balaban J connectivity index is 1.70. The van der Waals surface area contributed by atoms with E-state index in [1.54, 1.807) is 0 Å². The monoisotopic (exact) mass is 328 g/mol. The van der Waals surface area contributed by atoms with Crippen molar-refractivity contribution in [2.45, 2.75) is 19.4 Å². The zero-order valence-corrected chi connectivity index (χ0v) is 13.8. The fourth-order valence-corrected chi connectivity index (χ4v) is 3.11. The highest BCUT2D eigenvalue weighted by atomic mass is 35.5. The van der Waals surface area contributed by atoms with Crippen LogP contribution in [0.15, 0.2) is 48.5 Å². The molecule has 3 rings (SSSR count). The van der Waals surface area contributed by atoms with Crippen molar-refractivity contribution in [2.75, 3.05) is 13.1 Å². The minimum atomic E-state index is 0.0893. The van der Waals surface area contributed by atoms with Crippen LogP contribution in [-0.2, 0) is 11.3 Å². The summed E-state index contributed by atoms with van der Waals surface area (Å²) in [6.07, 6.45) is 2.04. The Morgan fingerprint density at radius 2 is 1.96 bits per heavy atom. The fourth-order valence-electron chi connectivity index (χ4n) is 2.99. The minimum Gasteiger partial charge on any atom is -0.352 e. The highest BCUT2D eigenvalue weighted by molar-refractivity contribution is 6.30. The minimum absolute atomic E-state index is 0.0893. The Kier molecular flexibility index (Phi) is 5.31. The molecule has 1 fully saturated rings. The molecule has 120 valence electrons. The van der Waals surface area contributed by atoms with Gasteiger partial charge in [-0.25, -0.2) is 0 Å². The molecule has 1 aliphatic rings. The quantitative estimate of drug-likeness (QED) is 0.900. The third-order valence-corrected chi connectivity index (χ3v) is 4.55. The fraction of sp³-hybridized carbons (Fsp3) is 0.316. The number of halogens is 1. The van der Waals surface area contributed by atoms with E-state index in [1.807, 2.05) is 36.4 Å². The molecule has 0 bridgehead atoms. The summed E-state index contributed by atoms with van der Waals surface area (Å²) >= 11 is 5.96. The van der Waals surface area contributed by atoms with Crippen molar-refractivity contribution in [3.05, 3.63) is 59.1 Å². The van der Waals surface area contributed by atoms with E-state index in [0.29, 0.717) is 6.54 Å². The molecule has 4 heteroatoms. The molecule has 1 amide bonds. The van der Waals surface area contributed by atoms with Gasteiger partial charge in [-0.05, 0) is 48.2 Å². The number of rotatable bonds is 4. The number of hydrogen-bond acceptors (Lipinski definition) is 2. The van der Waals surface area contributed by atoms with Crippen LogP contribution in [0.1, 0.15) is 18.4 Å². The summed E-state index contributed by atoms with van der Waals surface area (Å²) in [5.41, 5.74) is 3.36. The van der Waals surface area contributed by atoms with Crippen LogP contribution in [0.5, 0.6) is 0 Å². The second kappa shape index (κ2) is 7.62. The molecule has 0 aromatic heterocycles. The van der Waals surface area contributed by atoms with Gasteiger partial charge in [0.2, 0.25) is 5.91 Å². The van der Waals surface area contributed by atoms with Crippen LogP contribution in [0, 0.1) is 5.92 Å². The number of piperidine rings is 1. The van der Waals surface area contributed by atoms with Gasteiger partial charge in [0.15, 0.2) is 0 Å². The van der Waals surface area contributed by atoms with E-state index >= 15 is 0 Å². The molecule has 2 aromatic rings. The number of carbonyl (C=O) groups excluding carboxylic acids is 1. The number of nitrogens with one attached hydrogen (secondary N) is 2. The first-order chi connectivity index (χ1) is 11.2. The molecule has 0 saturated carbocycles. The third-order valence-electron chi connectivity index (χ3n) is 4.29. The molecule has 0 aliphatic carbocycles. The Morgan fingerprint density at radius 1 is 1.17 bits per heavy atom. The van der Waals surface area contributed by atoms with E-state index in [1.165, 1.54) is 0 Å². The molecule has 1 saturated heterocycles. The molecule has 1 atom stereocenters. The van der Waals surface area contributed by atoms with E-state index in [9.17, 15) is 4.79 Å². The van der Waals surface area contributed by atoms with E-state index < -0.39 is 0 Å². The topological polar surface area (TPSA) is 41.1 Å². The first-order valence-corrected chi connectivity index (χ1v) is 8.44. The number of carbonyl (C=O) groups is 1. The average molecular weight is 329 g/mol. The van der Waals surface area contributed by atoms with E-state index in [2.05, 4.69) is 22.8 Å². The maximum atomic E-state index is 12.3. The molecule has 1 aliphatic heterocycles. The Bertz CT molecular complexity index is 663. The number of amides is 1. The van der Waals surface area contributed by atoms with Gasteiger partial charge >= 0.3 is 0 Å². The summed E-state index contributed by atoms with van der Waals surface area (Å²) in [5, 5.41) is 7.09. The molecule has 3 nitrogen and oxygen atoms in total. The molecule has 1 heterocycles. The molecule has 1 unspecified atom stereocenters. The van der Waals surface area contributed by atoms with Gasteiger partial charge in [0.05, 0.1) is 5.92 Å². The summed E-state index contributed by atoms with van der Waals surface area (Å²) in [4.78, 5) is 12.3. The lowest BCUT2D eigenvalue weighted by molar-refractivity contribution is -0.125. The molecule has 0 radical (unpaired) electrons. The van der Waals surface area contributed by atoms with Crippen molar-refractivity contribution in [1.29, 1.82) is 0 Å². The summed E-state index contributed by atoms with van der Waals surface area (Å²) in [6.45, 7) is 2.35. The van der Waals surface area contributed by atoms with E-state index in [0.717, 1.165) is 47.6 Å². The van der Waals surface area contributed by atoms with Gasteiger partial charge in [0, 0.05) is 18.1 Å². The van der Waals surface area contributed by atoms with Gasteiger partial charge in [-0.15, -0.1) is 0 Å². The summed E-state index contributed by atoms with van der Waals surface area (Å²) in [6, 6.07) is 15.9. The predicted octanol–water partition coefficient (Wildman–Crippen LogP) is 3.62. The molecular weight excluding hydrogens is 308 g/mol. The molecule has 2 aromatic carbocycles. The standard InChI is InChI=1S/C19H21ClN2O/c20-17-9-7-14(8-10-17)18-6-2-1-4-15(18)13-22-19(23)16-5-3-11-21-12-16/h1-2,4,6-10,16,21H,3,5,11-13H2,(H,22,23). The average Bonchev–Trinajstić information content (AvgIpc) is 2.61. The third kappa shape index (κ3) is 4.12. The summed E-state index contributed by atoms with van der Waals surface area (Å²) in [7, 11) is 0. The number of benzene rings is 2. The maximum Gasteiger partial charge on any atom is 0.224 e. The van der Waals surface area contributed by atoms with Crippen molar-refractivity contribution in [3.8, 4) is 11.1 Å². The zero-order chi connectivity index (χ0) is 16.1. The first kappa shape index (κ1) is 16.0. The number of hydrogen-bond donors (Lipinski definition) is 2. The van der Waals surface area contributed by atoms with Gasteiger partial charge < -0.3 is 10.6 Å². The lowest BCUT2D eigenvalue weighted by Crippen LogP contribution is -2.40. The Labute approximate surface area is 142 Å². The highest BCUT2D eigenvalue weighted by Crippen LogP contribution is 2.25. The first-order valence-electron chi connectivity index (χ1n) is 8.06. The van der Waals surface area contributed by atoms with Crippen LogP contribution in [0.2, 0.25) is 5.02 Å². The molecule has 23 heavy (non-hydrogen) atoms. The van der Waals surface area contributed by atoms with Crippen molar-refractivity contribution >= 4 is 17.5 Å². The van der Waals surface area contributed by atoms with Gasteiger partial charge in [0.1, 0.15) is 0 Å². The van der Waals surface area contributed by atoms with Crippen LogP contribution < -0.4 is 10.6 Å². The van der Waals surface area contributed by atoms with Crippen LogP contribution in [-0.4, -0.2) is 19.0 Å². The SMILES string of the molecule is O=C(NCc1ccccc1-c1ccc(Cl)cc1)C1CCCNC1. The van der Waals surface area contributed by atoms with Gasteiger partial charge in [0.25, 0.3) is 0 Å². The Hall–Kier alpha value is -1.84. The summed E-state index contributed by atoms with van der Waals surface area (Å²) in [5.74, 6) is 0.231. The van der Waals surface area contributed by atoms with Crippen molar-refractivity contribution in [2.24, 2.45) is 5.92 Å². The van der Waals surface area contributed by atoms with Gasteiger partial charge in [-0.2, -0.15) is 0 Å². The van der Waals surface area contributed by atoms with Crippen molar-refractivity contribution in [3.63, 3.8) is 0 Å². The largest absolute Gasteiger partial charge is 0.352 e. The molecule has 2 N–H and O–H groups in total. The van der Waals surface area contributed by atoms with Gasteiger partial charge in [-0.3, -0.25) is 4.79 Å². The second-order valence-corrected chi connectivity index (χ2v) is 6.36. The smallest absolute Gasteiger partial charge is 0.224 e. The normalized spacial score (nSPS) is 17.7. The van der Waals surface area contributed by atoms with Crippen LogP contribution in [0.3, 0.4) is 0 Å². The van der Waals surface area contributed by atoms with Crippen LogP contribution in [0.25, 0.3) is 11.1 Å². The summed E-state index contributed by atoms with van der Waals surface area (Å²) < 4.78 is 0. The molecular formula is C19H21ClN2O. The predicted molar refractivity (Wildman–Crippen MR) is 94.3 cm³/mol. The lowest BCUT2D eigenvalue weighted by Gasteiger charge is -2.22. The van der Waals surface area contributed by atoms with E-state index in [4.69, 9.17) is 11.6 Å². The Morgan fingerprint density at radius 3 is 2.70 bits per heavy atom.